The maximum absolute atomic E-state index is 5.94. The SMILES string of the molecule is COc1cc(CN=C(N)N2CCOCC2)ccn1.I. The van der Waals surface area contributed by atoms with Gasteiger partial charge in [0.1, 0.15) is 0 Å². The van der Waals surface area contributed by atoms with Crippen molar-refractivity contribution >= 4 is 29.9 Å². The van der Waals surface area contributed by atoms with Gasteiger partial charge in [-0.2, -0.15) is 0 Å². The predicted octanol–water partition coefficient (Wildman–Crippen LogP) is 0.855. The fourth-order valence-corrected chi connectivity index (χ4v) is 1.73. The third-order valence-electron chi connectivity index (χ3n) is 2.77. The summed E-state index contributed by atoms with van der Waals surface area (Å²) in [5.74, 6) is 1.15. The minimum Gasteiger partial charge on any atom is -0.481 e. The summed E-state index contributed by atoms with van der Waals surface area (Å²) >= 11 is 0. The Morgan fingerprint density at radius 3 is 2.95 bits per heavy atom. The van der Waals surface area contributed by atoms with Crippen LogP contribution in [0.2, 0.25) is 0 Å². The van der Waals surface area contributed by atoms with E-state index in [2.05, 4.69) is 9.98 Å². The Kier molecular flexibility index (Phi) is 6.85. The van der Waals surface area contributed by atoms with Crippen molar-refractivity contribution in [2.24, 2.45) is 10.7 Å². The molecule has 0 bridgehead atoms. The zero-order chi connectivity index (χ0) is 12.8. The first-order valence-electron chi connectivity index (χ1n) is 5.91. The molecule has 1 aliphatic rings. The number of pyridine rings is 1. The second-order valence-corrected chi connectivity index (χ2v) is 3.98. The van der Waals surface area contributed by atoms with Crippen LogP contribution in [-0.4, -0.2) is 49.3 Å². The van der Waals surface area contributed by atoms with Crippen LogP contribution in [0.3, 0.4) is 0 Å². The molecule has 0 amide bonds. The summed E-state index contributed by atoms with van der Waals surface area (Å²) in [6, 6.07) is 3.76. The van der Waals surface area contributed by atoms with Crippen LogP contribution in [-0.2, 0) is 11.3 Å². The Hall–Kier alpha value is -1.09. The number of morpholine rings is 1. The normalized spacial score (nSPS) is 15.8. The highest BCUT2D eigenvalue weighted by Gasteiger charge is 2.11. The van der Waals surface area contributed by atoms with E-state index in [1.54, 1.807) is 13.3 Å². The van der Waals surface area contributed by atoms with Crippen LogP contribution < -0.4 is 10.5 Å². The van der Waals surface area contributed by atoms with Gasteiger partial charge in [-0.15, -0.1) is 24.0 Å². The highest BCUT2D eigenvalue weighted by Crippen LogP contribution is 2.09. The number of halogens is 1. The van der Waals surface area contributed by atoms with Crippen molar-refractivity contribution in [3.05, 3.63) is 23.9 Å². The Morgan fingerprint density at radius 1 is 1.53 bits per heavy atom. The summed E-state index contributed by atoms with van der Waals surface area (Å²) in [7, 11) is 1.59. The molecule has 0 radical (unpaired) electrons. The third kappa shape index (κ3) is 4.83. The molecule has 1 aliphatic heterocycles. The Labute approximate surface area is 130 Å². The van der Waals surface area contributed by atoms with E-state index in [1.165, 1.54) is 0 Å². The molecule has 6 nitrogen and oxygen atoms in total. The molecule has 0 aliphatic carbocycles. The second kappa shape index (κ2) is 8.16. The van der Waals surface area contributed by atoms with Gasteiger partial charge in [0.15, 0.2) is 5.96 Å². The van der Waals surface area contributed by atoms with Gasteiger partial charge in [0.25, 0.3) is 0 Å². The number of methoxy groups -OCH3 is 1. The molecule has 0 atom stereocenters. The molecule has 19 heavy (non-hydrogen) atoms. The lowest BCUT2D eigenvalue weighted by atomic mass is 10.3. The highest BCUT2D eigenvalue weighted by molar-refractivity contribution is 14.0. The van der Waals surface area contributed by atoms with Crippen LogP contribution >= 0.6 is 24.0 Å². The van der Waals surface area contributed by atoms with Gasteiger partial charge in [-0.3, -0.25) is 0 Å². The molecule has 2 N–H and O–H groups in total. The molecule has 1 aromatic heterocycles. The molecular formula is C12H19IN4O2. The third-order valence-corrected chi connectivity index (χ3v) is 2.77. The number of hydrogen-bond acceptors (Lipinski definition) is 4. The van der Waals surface area contributed by atoms with Crippen molar-refractivity contribution < 1.29 is 9.47 Å². The quantitative estimate of drug-likeness (QED) is 0.480. The zero-order valence-corrected chi connectivity index (χ0v) is 13.2. The largest absolute Gasteiger partial charge is 0.481 e. The van der Waals surface area contributed by atoms with Crippen molar-refractivity contribution in [3.8, 4) is 5.88 Å². The van der Waals surface area contributed by atoms with Crippen LogP contribution in [0.25, 0.3) is 0 Å². The number of hydrogen-bond donors (Lipinski definition) is 1. The van der Waals surface area contributed by atoms with Crippen LogP contribution in [0.1, 0.15) is 5.56 Å². The maximum Gasteiger partial charge on any atom is 0.213 e. The van der Waals surface area contributed by atoms with Gasteiger partial charge in [-0.05, 0) is 11.6 Å². The van der Waals surface area contributed by atoms with E-state index in [0.717, 1.165) is 18.7 Å². The van der Waals surface area contributed by atoms with Crippen molar-refractivity contribution in [1.29, 1.82) is 0 Å². The number of guanidine groups is 1. The van der Waals surface area contributed by atoms with Crippen molar-refractivity contribution in [3.63, 3.8) is 0 Å². The molecule has 1 saturated heterocycles. The highest BCUT2D eigenvalue weighted by atomic mass is 127. The summed E-state index contributed by atoms with van der Waals surface area (Å²) in [4.78, 5) is 10.5. The molecule has 0 unspecified atom stereocenters. The van der Waals surface area contributed by atoms with E-state index in [4.69, 9.17) is 15.2 Å². The minimum absolute atomic E-state index is 0. The first-order chi connectivity index (χ1) is 8.79. The van der Waals surface area contributed by atoms with Crippen LogP contribution in [0, 0.1) is 0 Å². The number of aromatic nitrogens is 1. The van der Waals surface area contributed by atoms with Gasteiger partial charge >= 0.3 is 0 Å². The molecule has 2 rings (SSSR count). The second-order valence-electron chi connectivity index (χ2n) is 3.98. The van der Waals surface area contributed by atoms with E-state index in [9.17, 15) is 0 Å². The average Bonchev–Trinajstić information content (AvgIpc) is 2.46. The predicted molar refractivity (Wildman–Crippen MR) is 83.9 cm³/mol. The van der Waals surface area contributed by atoms with Gasteiger partial charge in [0.2, 0.25) is 5.88 Å². The number of ether oxygens (including phenoxy) is 2. The van der Waals surface area contributed by atoms with Crippen molar-refractivity contribution in [2.75, 3.05) is 33.4 Å². The summed E-state index contributed by atoms with van der Waals surface area (Å²) < 4.78 is 10.3. The van der Waals surface area contributed by atoms with E-state index >= 15 is 0 Å². The minimum atomic E-state index is 0. The van der Waals surface area contributed by atoms with Gasteiger partial charge in [0, 0.05) is 25.4 Å². The van der Waals surface area contributed by atoms with Crippen molar-refractivity contribution in [1.82, 2.24) is 9.88 Å². The summed E-state index contributed by atoms with van der Waals surface area (Å²) in [6.07, 6.45) is 1.70. The topological polar surface area (TPSA) is 73.0 Å². The van der Waals surface area contributed by atoms with Crippen LogP contribution in [0.15, 0.2) is 23.3 Å². The molecule has 0 saturated carbocycles. The van der Waals surface area contributed by atoms with Gasteiger partial charge in [0.05, 0.1) is 26.9 Å². The van der Waals surface area contributed by atoms with Gasteiger partial charge in [-0.1, -0.05) is 0 Å². The summed E-state index contributed by atoms with van der Waals surface area (Å²) in [5, 5.41) is 0. The molecular weight excluding hydrogens is 359 g/mol. The van der Waals surface area contributed by atoms with Crippen LogP contribution in [0.4, 0.5) is 0 Å². The number of nitrogens with two attached hydrogens (primary N) is 1. The van der Waals surface area contributed by atoms with E-state index in [1.807, 2.05) is 17.0 Å². The molecule has 2 heterocycles. The molecule has 0 spiro atoms. The van der Waals surface area contributed by atoms with Gasteiger partial charge < -0.3 is 20.1 Å². The average molecular weight is 378 g/mol. The van der Waals surface area contributed by atoms with Gasteiger partial charge in [-0.25, -0.2) is 9.98 Å². The lowest BCUT2D eigenvalue weighted by molar-refractivity contribution is 0.0674. The molecule has 1 fully saturated rings. The number of rotatable bonds is 3. The van der Waals surface area contributed by atoms with E-state index in [0.29, 0.717) is 31.6 Å². The zero-order valence-electron chi connectivity index (χ0n) is 10.9. The number of aliphatic imine (C=N–C) groups is 1. The molecule has 7 heteroatoms. The van der Waals surface area contributed by atoms with E-state index in [-0.39, 0.29) is 24.0 Å². The maximum atomic E-state index is 5.94. The molecule has 0 aromatic carbocycles. The van der Waals surface area contributed by atoms with Crippen molar-refractivity contribution in [2.45, 2.75) is 6.54 Å². The standard InChI is InChI=1S/C12H18N4O2.HI/c1-17-11-8-10(2-3-14-11)9-15-12(13)16-4-6-18-7-5-16;/h2-3,8H,4-7,9H2,1H3,(H2,13,15);1H. The fourth-order valence-electron chi connectivity index (χ4n) is 1.73. The van der Waals surface area contributed by atoms with Crippen LogP contribution in [0.5, 0.6) is 5.88 Å². The first kappa shape index (κ1) is 16.0. The van der Waals surface area contributed by atoms with E-state index < -0.39 is 0 Å². The Morgan fingerprint density at radius 2 is 2.26 bits per heavy atom. The molecule has 106 valence electrons. The Bertz CT molecular complexity index is 422. The fraction of sp³-hybridized carbons (Fsp3) is 0.500. The smallest absolute Gasteiger partial charge is 0.213 e. The molecule has 1 aromatic rings. The summed E-state index contributed by atoms with van der Waals surface area (Å²) in [5.41, 5.74) is 6.97. The lowest BCUT2D eigenvalue weighted by Gasteiger charge is -2.27. The monoisotopic (exact) mass is 378 g/mol. The lowest BCUT2D eigenvalue weighted by Crippen LogP contribution is -2.44. The Balaban J connectivity index is 0.00000180. The summed E-state index contributed by atoms with van der Waals surface area (Å²) in [6.45, 7) is 3.55. The first-order valence-corrected chi connectivity index (χ1v) is 5.91. The number of nitrogens with zero attached hydrogens (tertiary/aromatic N) is 3.